The summed E-state index contributed by atoms with van der Waals surface area (Å²) in [6, 6.07) is 24.0. The normalized spacial score (nSPS) is 11.0. The molecule has 0 fully saturated rings. The third-order valence-corrected chi connectivity index (χ3v) is 4.63. The maximum absolute atomic E-state index is 12.2. The molecule has 3 aromatic rings. The predicted octanol–water partition coefficient (Wildman–Crippen LogP) is 6.69. The van der Waals surface area contributed by atoms with Gasteiger partial charge in [-0.05, 0) is 59.2 Å². The third kappa shape index (κ3) is 5.65. The maximum Gasteiger partial charge on any atom is 0.387 e. The molecule has 0 saturated carbocycles. The van der Waals surface area contributed by atoms with Crippen molar-refractivity contribution in [3.8, 4) is 16.9 Å². The van der Waals surface area contributed by atoms with Crippen molar-refractivity contribution in [3.05, 3.63) is 89.5 Å². The molecular formula is C24H24F2O. The second-order valence-electron chi connectivity index (χ2n) is 6.67. The molecule has 0 unspecified atom stereocenters. The summed E-state index contributed by atoms with van der Waals surface area (Å²) in [7, 11) is 0. The highest BCUT2D eigenvalue weighted by molar-refractivity contribution is 5.64. The average Bonchev–Trinajstić information content (AvgIpc) is 2.68. The van der Waals surface area contributed by atoms with E-state index in [1.54, 1.807) is 24.3 Å². The molecule has 0 aliphatic rings. The molecule has 0 spiro atoms. The predicted molar refractivity (Wildman–Crippen MR) is 106 cm³/mol. The topological polar surface area (TPSA) is 9.23 Å². The first-order valence-corrected chi connectivity index (χ1v) is 9.36. The summed E-state index contributed by atoms with van der Waals surface area (Å²) >= 11 is 0. The minimum Gasteiger partial charge on any atom is -0.435 e. The van der Waals surface area contributed by atoms with Crippen LogP contribution in [0.1, 0.15) is 30.0 Å². The number of hydrogen-bond acceptors (Lipinski definition) is 1. The lowest BCUT2D eigenvalue weighted by Gasteiger charge is -2.08. The van der Waals surface area contributed by atoms with E-state index < -0.39 is 6.61 Å². The molecule has 0 radical (unpaired) electrons. The highest BCUT2D eigenvalue weighted by Gasteiger charge is 2.05. The summed E-state index contributed by atoms with van der Waals surface area (Å²) in [6.45, 7) is -0.596. The average molecular weight is 366 g/mol. The molecule has 0 atom stereocenters. The van der Waals surface area contributed by atoms with Gasteiger partial charge in [-0.15, -0.1) is 0 Å². The quantitative estimate of drug-likeness (QED) is 0.431. The van der Waals surface area contributed by atoms with Gasteiger partial charge in [-0.2, -0.15) is 8.78 Å². The summed E-state index contributed by atoms with van der Waals surface area (Å²) in [4.78, 5) is 0. The molecule has 3 rings (SSSR count). The Morgan fingerprint density at radius 1 is 0.630 bits per heavy atom. The summed E-state index contributed by atoms with van der Waals surface area (Å²) in [5.41, 5.74) is 6.08. The van der Waals surface area contributed by atoms with Crippen LogP contribution in [0.15, 0.2) is 72.8 Å². The SMILES string of the molecule is CCCc1ccc(CCc2ccc(-c3ccc(OC(F)F)cc3)cc2)cc1. The van der Waals surface area contributed by atoms with Crippen molar-refractivity contribution >= 4 is 0 Å². The zero-order chi connectivity index (χ0) is 19.1. The first kappa shape index (κ1) is 19.1. The second-order valence-corrected chi connectivity index (χ2v) is 6.67. The molecule has 0 aliphatic heterocycles. The Kier molecular flexibility index (Phi) is 6.59. The third-order valence-electron chi connectivity index (χ3n) is 4.63. The van der Waals surface area contributed by atoms with E-state index in [9.17, 15) is 8.78 Å². The van der Waals surface area contributed by atoms with Crippen molar-refractivity contribution in [2.45, 2.75) is 39.2 Å². The Hall–Kier alpha value is -2.68. The molecule has 3 aromatic carbocycles. The van der Waals surface area contributed by atoms with Crippen LogP contribution in [0.5, 0.6) is 5.75 Å². The molecule has 0 bridgehead atoms. The number of halogens is 2. The Bertz CT molecular complexity index is 822. The van der Waals surface area contributed by atoms with Crippen molar-refractivity contribution in [3.63, 3.8) is 0 Å². The molecule has 0 aromatic heterocycles. The van der Waals surface area contributed by atoms with Gasteiger partial charge in [0, 0.05) is 0 Å². The van der Waals surface area contributed by atoms with Gasteiger partial charge in [-0.1, -0.05) is 74.0 Å². The zero-order valence-corrected chi connectivity index (χ0v) is 15.5. The van der Waals surface area contributed by atoms with Gasteiger partial charge in [0.15, 0.2) is 0 Å². The van der Waals surface area contributed by atoms with Crippen LogP contribution in [-0.2, 0) is 19.3 Å². The van der Waals surface area contributed by atoms with E-state index in [4.69, 9.17) is 0 Å². The highest BCUT2D eigenvalue weighted by atomic mass is 19.3. The lowest BCUT2D eigenvalue weighted by atomic mass is 9.99. The fourth-order valence-electron chi connectivity index (χ4n) is 3.14. The van der Waals surface area contributed by atoms with Crippen molar-refractivity contribution in [2.75, 3.05) is 0 Å². The van der Waals surface area contributed by atoms with Gasteiger partial charge in [-0.25, -0.2) is 0 Å². The summed E-state index contributed by atoms with van der Waals surface area (Å²) in [6.07, 6.45) is 4.32. The van der Waals surface area contributed by atoms with Gasteiger partial charge in [-0.3, -0.25) is 0 Å². The first-order chi connectivity index (χ1) is 13.1. The van der Waals surface area contributed by atoms with E-state index >= 15 is 0 Å². The number of aryl methyl sites for hydroxylation is 3. The largest absolute Gasteiger partial charge is 0.435 e. The lowest BCUT2D eigenvalue weighted by Crippen LogP contribution is -2.01. The number of alkyl halides is 2. The fraction of sp³-hybridized carbons (Fsp3) is 0.250. The van der Waals surface area contributed by atoms with Crippen molar-refractivity contribution in [1.29, 1.82) is 0 Å². The standard InChI is InChI=1S/C24H24F2O/c1-2-3-18-4-6-19(7-5-18)8-9-20-10-12-21(13-11-20)22-14-16-23(17-15-22)27-24(25)26/h4-7,10-17,24H,2-3,8-9H2,1H3. The Balaban J connectivity index is 1.58. The molecule has 27 heavy (non-hydrogen) atoms. The van der Waals surface area contributed by atoms with Crippen molar-refractivity contribution < 1.29 is 13.5 Å². The molecule has 140 valence electrons. The number of rotatable bonds is 8. The molecule has 0 aliphatic carbocycles. The van der Waals surface area contributed by atoms with E-state index in [2.05, 4.69) is 60.2 Å². The van der Waals surface area contributed by atoms with E-state index in [-0.39, 0.29) is 5.75 Å². The van der Waals surface area contributed by atoms with E-state index in [0.717, 1.165) is 30.4 Å². The minimum absolute atomic E-state index is 0.176. The van der Waals surface area contributed by atoms with E-state index in [0.29, 0.717) is 0 Å². The number of benzene rings is 3. The summed E-state index contributed by atoms with van der Waals surface area (Å²) < 4.78 is 28.8. The van der Waals surface area contributed by atoms with Crippen LogP contribution in [0.4, 0.5) is 8.78 Å². The smallest absolute Gasteiger partial charge is 0.387 e. The molecule has 3 heteroatoms. The molecule has 0 amide bonds. The van der Waals surface area contributed by atoms with Crippen LogP contribution in [0.2, 0.25) is 0 Å². The van der Waals surface area contributed by atoms with Crippen molar-refractivity contribution in [2.24, 2.45) is 0 Å². The minimum atomic E-state index is -2.79. The monoisotopic (exact) mass is 366 g/mol. The molecule has 0 N–H and O–H groups in total. The first-order valence-electron chi connectivity index (χ1n) is 9.36. The van der Waals surface area contributed by atoms with Crippen LogP contribution in [0.25, 0.3) is 11.1 Å². The molecule has 1 nitrogen and oxygen atoms in total. The summed E-state index contributed by atoms with van der Waals surface area (Å²) in [5.74, 6) is 0.176. The Morgan fingerprint density at radius 3 is 1.48 bits per heavy atom. The van der Waals surface area contributed by atoms with Gasteiger partial charge < -0.3 is 4.74 Å². The maximum atomic E-state index is 12.2. The van der Waals surface area contributed by atoms with Gasteiger partial charge in [0.1, 0.15) is 5.75 Å². The van der Waals surface area contributed by atoms with Crippen LogP contribution in [0.3, 0.4) is 0 Å². The number of ether oxygens (including phenoxy) is 1. The fourth-order valence-corrected chi connectivity index (χ4v) is 3.14. The zero-order valence-electron chi connectivity index (χ0n) is 15.5. The van der Waals surface area contributed by atoms with Crippen LogP contribution in [-0.4, -0.2) is 6.61 Å². The van der Waals surface area contributed by atoms with E-state index in [1.807, 2.05) is 0 Å². The molecule has 0 heterocycles. The van der Waals surface area contributed by atoms with Gasteiger partial charge in [0.05, 0.1) is 0 Å². The van der Waals surface area contributed by atoms with Gasteiger partial charge >= 0.3 is 6.61 Å². The van der Waals surface area contributed by atoms with Crippen LogP contribution in [0, 0.1) is 0 Å². The molecular weight excluding hydrogens is 342 g/mol. The Morgan fingerprint density at radius 2 is 1.04 bits per heavy atom. The van der Waals surface area contributed by atoms with Crippen LogP contribution >= 0.6 is 0 Å². The van der Waals surface area contributed by atoms with Gasteiger partial charge in [0.25, 0.3) is 0 Å². The molecule has 0 saturated heterocycles. The lowest BCUT2D eigenvalue weighted by molar-refractivity contribution is -0.0498. The van der Waals surface area contributed by atoms with Crippen LogP contribution < -0.4 is 4.74 Å². The van der Waals surface area contributed by atoms with Crippen molar-refractivity contribution in [1.82, 2.24) is 0 Å². The highest BCUT2D eigenvalue weighted by Crippen LogP contribution is 2.24. The second kappa shape index (κ2) is 9.31. The number of hydrogen-bond donors (Lipinski definition) is 0. The Labute approximate surface area is 159 Å². The summed E-state index contributed by atoms with van der Waals surface area (Å²) in [5, 5.41) is 0. The van der Waals surface area contributed by atoms with Gasteiger partial charge in [0.2, 0.25) is 0 Å². The van der Waals surface area contributed by atoms with E-state index in [1.165, 1.54) is 23.1 Å².